The van der Waals surface area contributed by atoms with Crippen molar-refractivity contribution in [3.05, 3.63) is 47.0 Å². The molecule has 0 saturated carbocycles. The monoisotopic (exact) mass is 252 g/mol. The van der Waals surface area contributed by atoms with Gasteiger partial charge in [0.2, 0.25) is 0 Å². The van der Waals surface area contributed by atoms with E-state index in [0.29, 0.717) is 18.6 Å². The summed E-state index contributed by atoms with van der Waals surface area (Å²) in [6.45, 7) is 6.76. The van der Waals surface area contributed by atoms with Crippen LogP contribution in [0.3, 0.4) is 0 Å². The van der Waals surface area contributed by atoms with Gasteiger partial charge in [0.05, 0.1) is 0 Å². The van der Waals surface area contributed by atoms with Crippen molar-refractivity contribution in [1.29, 1.82) is 0 Å². The summed E-state index contributed by atoms with van der Waals surface area (Å²) in [4.78, 5) is 11.6. The maximum Gasteiger partial charge on any atom is 0.137 e. The van der Waals surface area contributed by atoms with E-state index in [4.69, 9.17) is 0 Å². The molecule has 2 aromatic rings. The summed E-state index contributed by atoms with van der Waals surface area (Å²) in [5.74, 6) is 0.374. The first-order valence-corrected chi connectivity index (χ1v) is 7.02. The zero-order chi connectivity index (χ0) is 13.6. The van der Waals surface area contributed by atoms with Gasteiger partial charge in [-0.15, -0.1) is 0 Å². The first-order valence-electron chi connectivity index (χ1n) is 7.02. The molecule has 98 valence electrons. The average molecular weight is 252 g/mol. The molecule has 0 heterocycles. The normalized spacial score (nSPS) is 15.6. The highest BCUT2D eigenvalue weighted by atomic mass is 16.1. The molecule has 0 spiro atoms. The van der Waals surface area contributed by atoms with E-state index in [2.05, 4.69) is 51.1 Å². The van der Waals surface area contributed by atoms with Crippen molar-refractivity contribution in [2.45, 2.75) is 45.4 Å². The molecule has 0 aliphatic heterocycles. The van der Waals surface area contributed by atoms with E-state index in [1.807, 2.05) is 0 Å². The second kappa shape index (κ2) is 4.19. The summed E-state index contributed by atoms with van der Waals surface area (Å²) in [6, 6.07) is 11.0. The van der Waals surface area contributed by atoms with Gasteiger partial charge in [-0.25, -0.2) is 0 Å². The van der Waals surface area contributed by atoms with Gasteiger partial charge in [0, 0.05) is 12.8 Å². The molecule has 0 fully saturated rings. The highest BCUT2D eigenvalue weighted by Crippen LogP contribution is 2.33. The predicted molar refractivity (Wildman–Crippen MR) is 79.7 cm³/mol. The van der Waals surface area contributed by atoms with E-state index >= 15 is 0 Å². The minimum absolute atomic E-state index is 0.151. The number of carbonyl (C=O) groups is 1. The number of carbonyl (C=O) groups excluding carboxylic acids is 1. The van der Waals surface area contributed by atoms with Crippen LogP contribution in [0.2, 0.25) is 0 Å². The lowest BCUT2D eigenvalue weighted by Crippen LogP contribution is -2.15. The molecular formula is C18H20O. The maximum absolute atomic E-state index is 11.6. The van der Waals surface area contributed by atoms with Gasteiger partial charge in [-0.1, -0.05) is 51.1 Å². The Kier molecular flexibility index (Phi) is 2.74. The minimum atomic E-state index is 0.151. The quantitative estimate of drug-likeness (QED) is 0.687. The second-order valence-electron chi connectivity index (χ2n) is 6.61. The van der Waals surface area contributed by atoms with Crippen molar-refractivity contribution in [2.75, 3.05) is 0 Å². The van der Waals surface area contributed by atoms with E-state index in [1.165, 1.54) is 27.5 Å². The van der Waals surface area contributed by atoms with Crippen LogP contribution in [0.15, 0.2) is 30.3 Å². The Morgan fingerprint density at radius 3 is 2.53 bits per heavy atom. The van der Waals surface area contributed by atoms with Gasteiger partial charge >= 0.3 is 0 Å². The Morgan fingerprint density at radius 2 is 1.79 bits per heavy atom. The summed E-state index contributed by atoms with van der Waals surface area (Å²) in [5.41, 5.74) is 4.14. The molecule has 0 aromatic heterocycles. The average Bonchev–Trinajstić information content (AvgIpc) is 2.34. The van der Waals surface area contributed by atoms with Crippen LogP contribution in [0.5, 0.6) is 0 Å². The van der Waals surface area contributed by atoms with Crippen molar-refractivity contribution in [3.63, 3.8) is 0 Å². The summed E-state index contributed by atoms with van der Waals surface area (Å²) < 4.78 is 0. The van der Waals surface area contributed by atoms with Crippen LogP contribution in [0.25, 0.3) is 10.8 Å². The first kappa shape index (κ1) is 12.4. The number of Topliss-reactive ketones (excluding diaryl/α,β-unsaturated/α-hetero) is 1. The molecule has 1 heteroatoms. The molecule has 0 radical (unpaired) electrons. The topological polar surface area (TPSA) is 17.1 Å². The predicted octanol–water partition coefficient (Wildman–Crippen LogP) is 4.20. The lowest BCUT2D eigenvalue weighted by molar-refractivity contribution is -0.118. The number of benzene rings is 2. The lowest BCUT2D eigenvalue weighted by atomic mass is 9.81. The fourth-order valence-electron chi connectivity index (χ4n) is 3.04. The molecule has 19 heavy (non-hydrogen) atoms. The Morgan fingerprint density at radius 1 is 1.00 bits per heavy atom. The number of aryl methyl sites for hydroxylation is 1. The minimum Gasteiger partial charge on any atom is -0.299 e. The van der Waals surface area contributed by atoms with E-state index in [-0.39, 0.29) is 5.41 Å². The fraction of sp³-hybridized carbons (Fsp3) is 0.389. The van der Waals surface area contributed by atoms with Crippen LogP contribution in [-0.4, -0.2) is 5.78 Å². The van der Waals surface area contributed by atoms with Crippen molar-refractivity contribution < 1.29 is 4.79 Å². The Bertz CT molecular complexity index is 659. The van der Waals surface area contributed by atoms with Crippen molar-refractivity contribution >= 4 is 16.6 Å². The summed E-state index contributed by atoms with van der Waals surface area (Å²) in [7, 11) is 0. The highest BCUT2D eigenvalue weighted by molar-refractivity contribution is 5.91. The van der Waals surface area contributed by atoms with Crippen LogP contribution in [0.4, 0.5) is 0 Å². The van der Waals surface area contributed by atoms with Crippen LogP contribution in [0.1, 0.15) is 43.9 Å². The van der Waals surface area contributed by atoms with E-state index < -0.39 is 0 Å². The molecule has 1 aliphatic rings. The number of fused-ring (bicyclic) bond motifs is 2. The lowest BCUT2D eigenvalue weighted by Gasteiger charge is -2.23. The Labute approximate surface area is 114 Å². The summed E-state index contributed by atoms with van der Waals surface area (Å²) in [5, 5.41) is 2.61. The van der Waals surface area contributed by atoms with Crippen molar-refractivity contribution in [1.82, 2.24) is 0 Å². The zero-order valence-corrected chi connectivity index (χ0v) is 11.9. The van der Waals surface area contributed by atoms with Gasteiger partial charge < -0.3 is 0 Å². The van der Waals surface area contributed by atoms with Crippen molar-refractivity contribution in [3.8, 4) is 0 Å². The number of rotatable bonds is 0. The Hall–Kier alpha value is -1.63. The molecule has 0 atom stereocenters. The molecule has 0 amide bonds. The van der Waals surface area contributed by atoms with Crippen LogP contribution in [-0.2, 0) is 23.1 Å². The molecule has 0 saturated heterocycles. The van der Waals surface area contributed by atoms with Gasteiger partial charge in [0.15, 0.2) is 0 Å². The number of hydrogen-bond acceptors (Lipinski definition) is 1. The Balaban J connectivity index is 2.26. The molecule has 0 unspecified atom stereocenters. The second-order valence-corrected chi connectivity index (χ2v) is 6.61. The smallest absolute Gasteiger partial charge is 0.137 e. The third-order valence-electron chi connectivity index (χ3n) is 4.07. The van der Waals surface area contributed by atoms with E-state index in [9.17, 15) is 4.79 Å². The molecule has 1 aliphatic carbocycles. The van der Waals surface area contributed by atoms with Gasteiger partial charge in [0.1, 0.15) is 5.78 Å². The molecule has 1 nitrogen and oxygen atoms in total. The fourth-order valence-corrected chi connectivity index (χ4v) is 3.04. The third-order valence-corrected chi connectivity index (χ3v) is 4.07. The van der Waals surface area contributed by atoms with Gasteiger partial charge in [-0.2, -0.15) is 0 Å². The largest absolute Gasteiger partial charge is 0.299 e. The van der Waals surface area contributed by atoms with Gasteiger partial charge in [0.25, 0.3) is 0 Å². The summed E-state index contributed by atoms with van der Waals surface area (Å²) >= 11 is 0. The first-order chi connectivity index (χ1) is 8.95. The highest BCUT2D eigenvalue weighted by Gasteiger charge is 2.20. The van der Waals surface area contributed by atoms with Crippen molar-refractivity contribution in [2.24, 2.45) is 0 Å². The SMILES string of the molecule is CC(C)(C)c1cccc2cc3c(cc12)CCC(=O)C3. The van der Waals surface area contributed by atoms with Gasteiger partial charge in [-0.05, 0) is 39.3 Å². The molecule has 0 bridgehead atoms. The number of ketones is 1. The van der Waals surface area contributed by atoms with E-state index in [0.717, 1.165) is 6.42 Å². The van der Waals surface area contributed by atoms with Crippen LogP contribution < -0.4 is 0 Å². The number of hydrogen-bond donors (Lipinski definition) is 0. The van der Waals surface area contributed by atoms with E-state index in [1.54, 1.807) is 0 Å². The summed E-state index contributed by atoms with van der Waals surface area (Å²) in [6.07, 6.45) is 2.23. The van der Waals surface area contributed by atoms with Crippen LogP contribution in [0, 0.1) is 0 Å². The molecule has 2 aromatic carbocycles. The molecular weight excluding hydrogens is 232 g/mol. The third kappa shape index (κ3) is 2.18. The van der Waals surface area contributed by atoms with Gasteiger partial charge in [-0.3, -0.25) is 4.79 Å². The molecule has 0 N–H and O–H groups in total. The standard InChI is InChI=1S/C18H20O/c1-18(2,3)17-6-4-5-13-9-14-10-15(19)8-7-12(14)11-16(13)17/h4-6,9,11H,7-8,10H2,1-3H3. The van der Waals surface area contributed by atoms with Crippen LogP contribution >= 0.6 is 0 Å². The zero-order valence-electron chi connectivity index (χ0n) is 11.9. The molecule has 3 rings (SSSR count). The maximum atomic E-state index is 11.6.